The van der Waals surface area contributed by atoms with Gasteiger partial charge in [-0.3, -0.25) is 9.36 Å². The Morgan fingerprint density at radius 1 is 0.946 bits per heavy atom. The van der Waals surface area contributed by atoms with Gasteiger partial charge in [0.2, 0.25) is 0 Å². The molecule has 0 aliphatic heterocycles. The molecule has 7 nitrogen and oxygen atoms in total. The number of thioether (sulfide) groups is 1. The molecule has 0 radical (unpaired) electrons. The first-order valence-corrected chi connectivity index (χ1v) is 12.8. The maximum Gasteiger partial charge on any atom is 0.251 e. The fourth-order valence-corrected chi connectivity index (χ4v) is 4.94. The molecule has 2 aromatic heterocycles. The minimum atomic E-state index is -0.307. The number of hydrogen-bond acceptors (Lipinski definition) is 5. The molecule has 0 saturated carbocycles. The number of benzene rings is 3. The van der Waals surface area contributed by atoms with Gasteiger partial charge in [-0.05, 0) is 72.6 Å². The number of aromatic nitrogens is 5. The van der Waals surface area contributed by atoms with E-state index in [-0.39, 0.29) is 11.7 Å². The summed E-state index contributed by atoms with van der Waals surface area (Å²) >= 11 is 1.57. The van der Waals surface area contributed by atoms with Crippen molar-refractivity contribution in [2.24, 2.45) is 0 Å². The number of carbonyl (C=O) groups is 1. The molecule has 0 unspecified atom stereocenters. The van der Waals surface area contributed by atoms with Crippen molar-refractivity contribution in [3.05, 3.63) is 120 Å². The summed E-state index contributed by atoms with van der Waals surface area (Å²) in [6.45, 7) is 2.46. The van der Waals surface area contributed by atoms with E-state index in [0.717, 1.165) is 17.1 Å². The van der Waals surface area contributed by atoms with Gasteiger partial charge in [-0.2, -0.15) is 5.10 Å². The Morgan fingerprint density at radius 3 is 2.43 bits per heavy atom. The number of hydrogen-bond donors (Lipinski definition) is 1. The Bertz CT molecular complexity index is 1480. The van der Waals surface area contributed by atoms with Gasteiger partial charge in [0.1, 0.15) is 11.6 Å². The van der Waals surface area contributed by atoms with E-state index in [4.69, 9.17) is 0 Å². The Balaban J connectivity index is 1.28. The summed E-state index contributed by atoms with van der Waals surface area (Å²) in [6, 6.07) is 23.6. The largest absolute Gasteiger partial charge is 0.352 e. The van der Waals surface area contributed by atoms with Crippen LogP contribution < -0.4 is 5.32 Å². The van der Waals surface area contributed by atoms with Gasteiger partial charge in [0.25, 0.3) is 5.91 Å². The second-order valence-corrected chi connectivity index (χ2v) is 9.37. The highest BCUT2D eigenvalue weighted by molar-refractivity contribution is 7.98. The first kappa shape index (κ1) is 24.5. The summed E-state index contributed by atoms with van der Waals surface area (Å²) in [5.41, 5.74) is 4.64. The van der Waals surface area contributed by atoms with Crippen LogP contribution in [0.4, 0.5) is 4.39 Å². The van der Waals surface area contributed by atoms with Crippen LogP contribution in [0.15, 0.2) is 96.4 Å². The molecule has 3 aromatic carbocycles. The highest BCUT2D eigenvalue weighted by Crippen LogP contribution is 2.26. The maximum absolute atomic E-state index is 13.6. The number of nitrogens with zero attached hydrogens (tertiary/aromatic N) is 5. The Morgan fingerprint density at radius 2 is 1.70 bits per heavy atom. The average Bonchev–Trinajstić information content (AvgIpc) is 3.60. The van der Waals surface area contributed by atoms with E-state index in [1.165, 1.54) is 23.3 Å². The zero-order valence-corrected chi connectivity index (χ0v) is 21.0. The minimum absolute atomic E-state index is 0.172. The lowest BCUT2D eigenvalue weighted by Crippen LogP contribution is -2.26. The number of nitrogens with one attached hydrogen (secondary N) is 1. The fraction of sp³-hybridized carbons (Fsp3) is 0.143. The minimum Gasteiger partial charge on any atom is -0.352 e. The van der Waals surface area contributed by atoms with Crippen molar-refractivity contribution in [3.63, 3.8) is 0 Å². The van der Waals surface area contributed by atoms with Gasteiger partial charge in [-0.15, -0.1) is 10.2 Å². The molecule has 5 rings (SSSR count). The quantitative estimate of drug-likeness (QED) is 0.276. The molecule has 5 aromatic rings. The van der Waals surface area contributed by atoms with Crippen LogP contribution in [0, 0.1) is 12.7 Å². The van der Waals surface area contributed by atoms with Crippen LogP contribution in [0.1, 0.15) is 27.3 Å². The summed E-state index contributed by atoms with van der Waals surface area (Å²) in [4.78, 5) is 12.7. The van der Waals surface area contributed by atoms with Gasteiger partial charge in [0.05, 0.1) is 5.69 Å². The van der Waals surface area contributed by atoms with Crippen molar-refractivity contribution in [2.75, 3.05) is 6.54 Å². The average molecular weight is 513 g/mol. The highest BCUT2D eigenvalue weighted by Gasteiger charge is 2.16. The van der Waals surface area contributed by atoms with E-state index < -0.39 is 0 Å². The third-order valence-corrected chi connectivity index (χ3v) is 6.91. The zero-order chi connectivity index (χ0) is 25.6. The van der Waals surface area contributed by atoms with E-state index in [2.05, 4.69) is 39.7 Å². The molecule has 0 aliphatic rings. The van der Waals surface area contributed by atoms with Crippen LogP contribution in [0.3, 0.4) is 0 Å². The monoisotopic (exact) mass is 512 g/mol. The molecule has 2 heterocycles. The highest BCUT2D eigenvalue weighted by atomic mass is 32.2. The smallest absolute Gasteiger partial charge is 0.251 e. The predicted octanol–water partition coefficient (Wildman–Crippen LogP) is 5.17. The number of rotatable bonds is 9. The molecule has 1 N–H and O–H groups in total. The van der Waals surface area contributed by atoms with Gasteiger partial charge in [-0.25, -0.2) is 9.07 Å². The Hall–Kier alpha value is -4.24. The van der Waals surface area contributed by atoms with Crippen LogP contribution in [0.5, 0.6) is 0 Å². The molecule has 1 amide bonds. The topological polar surface area (TPSA) is 77.6 Å². The van der Waals surface area contributed by atoms with Crippen molar-refractivity contribution in [1.82, 2.24) is 29.9 Å². The van der Waals surface area contributed by atoms with E-state index in [1.807, 2.05) is 41.1 Å². The van der Waals surface area contributed by atoms with Gasteiger partial charge in [0, 0.05) is 42.4 Å². The Kier molecular flexibility index (Phi) is 7.41. The zero-order valence-electron chi connectivity index (χ0n) is 20.2. The molecule has 186 valence electrons. The second-order valence-electron chi connectivity index (χ2n) is 8.43. The lowest BCUT2D eigenvalue weighted by atomic mass is 10.1. The van der Waals surface area contributed by atoms with Crippen molar-refractivity contribution >= 4 is 17.7 Å². The molecule has 37 heavy (non-hydrogen) atoms. The van der Waals surface area contributed by atoms with Crippen LogP contribution >= 0.6 is 11.8 Å². The maximum atomic E-state index is 13.6. The summed E-state index contributed by atoms with van der Waals surface area (Å²) in [5, 5.41) is 16.7. The van der Waals surface area contributed by atoms with E-state index in [9.17, 15) is 9.18 Å². The summed E-state index contributed by atoms with van der Waals surface area (Å²) in [5.74, 6) is 0.942. The van der Waals surface area contributed by atoms with Crippen LogP contribution in [-0.4, -0.2) is 37.0 Å². The standard InChI is InChI=1S/C28H25FN6OS/c1-20-5-2-3-6-22(20)19-37-28-33-32-26(35(28)25-13-9-23(29)10-14-25)15-17-30-27(36)21-7-11-24(12-8-21)34-18-4-16-31-34/h2-14,16,18H,15,17,19H2,1H3,(H,30,36). The lowest BCUT2D eigenvalue weighted by molar-refractivity contribution is 0.0954. The second kappa shape index (κ2) is 11.2. The molecule has 0 bridgehead atoms. The molecule has 0 atom stereocenters. The van der Waals surface area contributed by atoms with Crippen molar-refractivity contribution in [1.29, 1.82) is 0 Å². The molecule has 0 saturated heterocycles. The fourth-order valence-electron chi connectivity index (χ4n) is 3.90. The van der Waals surface area contributed by atoms with Crippen molar-refractivity contribution in [3.8, 4) is 11.4 Å². The normalized spacial score (nSPS) is 11.0. The molecular weight excluding hydrogens is 487 g/mol. The van der Waals surface area contributed by atoms with Crippen molar-refractivity contribution in [2.45, 2.75) is 24.3 Å². The number of carbonyl (C=O) groups excluding carboxylic acids is 1. The first-order chi connectivity index (χ1) is 18.1. The summed E-state index contributed by atoms with van der Waals surface area (Å²) < 4.78 is 17.3. The van der Waals surface area contributed by atoms with Gasteiger partial charge in [0.15, 0.2) is 5.16 Å². The third-order valence-electron chi connectivity index (χ3n) is 5.94. The molecule has 0 spiro atoms. The van der Waals surface area contributed by atoms with E-state index in [1.54, 1.807) is 46.9 Å². The third kappa shape index (κ3) is 5.78. The Labute approximate surface area is 218 Å². The molecule has 9 heteroatoms. The summed E-state index contributed by atoms with van der Waals surface area (Å²) in [7, 11) is 0. The first-order valence-electron chi connectivity index (χ1n) is 11.8. The van der Waals surface area contributed by atoms with Crippen LogP contribution in [0.2, 0.25) is 0 Å². The lowest BCUT2D eigenvalue weighted by Gasteiger charge is -2.11. The number of aryl methyl sites for hydroxylation is 1. The van der Waals surface area contributed by atoms with Crippen molar-refractivity contribution < 1.29 is 9.18 Å². The predicted molar refractivity (Wildman–Crippen MR) is 142 cm³/mol. The van der Waals surface area contributed by atoms with E-state index in [0.29, 0.717) is 29.5 Å². The van der Waals surface area contributed by atoms with Gasteiger partial charge in [-0.1, -0.05) is 36.0 Å². The van der Waals surface area contributed by atoms with Crippen LogP contribution in [0.25, 0.3) is 11.4 Å². The SMILES string of the molecule is Cc1ccccc1CSc1nnc(CCNC(=O)c2ccc(-n3cccn3)cc2)n1-c1ccc(F)cc1. The molecule has 0 aliphatic carbocycles. The van der Waals surface area contributed by atoms with E-state index >= 15 is 0 Å². The molecule has 0 fully saturated rings. The van der Waals surface area contributed by atoms with Gasteiger partial charge < -0.3 is 5.32 Å². The number of amides is 1. The summed E-state index contributed by atoms with van der Waals surface area (Å²) in [6.07, 6.45) is 4.02. The van der Waals surface area contributed by atoms with Gasteiger partial charge >= 0.3 is 0 Å². The number of halogens is 1. The van der Waals surface area contributed by atoms with Crippen LogP contribution in [-0.2, 0) is 12.2 Å². The molecular formula is C28H25FN6OS.